The Kier molecular flexibility index (Phi) is 2.86. The van der Waals surface area contributed by atoms with Crippen molar-refractivity contribution in [3.05, 3.63) is 24.0 Å². The number of aromatic nitrogens is 1. The van der Waals surface area contributed by atoms with Gasteiger partial charge in [0.2, 0.25) is 0 Å². The molecule has 0 saturated carbocycles. The molecule has 1 aromatic rings. The summed E-state index contributed by atoms with van der Waals surface area (Å²) >= 11 is 0. The number of rotatable bonds is 3. The van der Waals surface area contributed by atoms with Crippen LogP contribution in [-0.2, 0) is 11.3 Å². The first-order valence-electron chi connectivity index (χ1n) is 3.61. The Hall–Kier alpha value is -1.09. The molecule has 0 amide bonds. The highest BCUT2D eigenvalue weighted by Crippen LogP contribution is 2.01. The number of ether oxygens (including phenoxy) is 1. The summed E-state index contributed by atoms with van der Waals surface area (Å²) in [5.41, 5.74) is 7.06. The summed E-state index contributed by atoms with van der Waals surface area (Å²) < 4.78 is 5.16. The quantitative estimate of drug-likeness (QED) is 0.708. The second-order valence-corrected chi connectivity index (χ2v) is 2.22. The van der Waals surface area contributed by atoms with Gasteiger partial charge in [0.1, 0.15) is 0 Å². The molecule has 2 N–H and O–H groups in total. The van der Waals surface area contributed by atoms with E-state index < -0.39 is 0 Å². The lowest BCUT2D eigenvalue weighted by molar-refractivity contribution is 0.131. The Morgan fingerprint density at radius 3 is 2.91 bits per heavy atom. The molecule has 0 bridgehead atoms. The molecular weight excluding hydrogens is 140 g/mol. The predicted molar refractivity (Wildman–Crippen MR) is 44.0 cm³/mol. The van der Waals surface area contributed by atoms with Crippen LogP contribution in [0.15, 0.2) is 18.3 Å². The van der Waals surface area contributed by atoms with Crippen LogP contribution in [0.1, 0.15) is 12.6 Å². The van der Waals surface area contributed by atoms with Gasteiger partial charge >= 0.3 is 0 Å². The van der Waals surface area contributed by atoms with Gasteiger partial charge in [0.05, 0.1) is 24.2 Å². The second-order valence-electron chi connectivity index (χ2n) is 2.22. The first-order chi connectivity index (χ1) is 5.33. The molecule has 0 aromatic carbocycles. The maximum absolute atomic E-state index is 5.45. The third-order valence-corrected chi connectivity index (χ3v) is 1.30. The van der Waals surface area contributed by atoms with Crippen molar-refractivity contribution < 1.29 is 4.74 Å². The van der Waals surface area contributed by atoms with Crippen molar-refractivity contribution in [2.45, 2.75) is 13.5 Å². The lowest BCUT2D eigenvalue weighted by Crippen LogP contribution is -1.95. The minimum atomic E-state index is 0.566. The van der Waals surface area contributed by atoms with E-state index in [-0.39, 0.29) is 0 Å². The van der Waals surface area contributed by atoms with Crippen LogP contribution in [0.4, 0.5) is 5.69 Å². The SMILES string of the molecule is CCOCc1ccc(N)cn1. The van der Waals surface area contributed by atoms with Crippen molar-refractivity contribution >= 4 is 5.69 Å². The molecule has 0 spiro atoms. The third-order valence-electron chi connectivity index (χ3n) is 1.30. The zero-order valence-corrected chi connectivity index (χ0v) is 6.58. The fourth-order valence-corrected chi connectivity index (χ4v) is 0.728. The van der Waals surface area contributed by atoms with Gasteiger partial charge in [-0.3, -0.25) is 4.98 Å². The molecule has 0 radical (unpaired) electrons. The van der Waals surface area contributed by atoms with Crippen molar-refractivity contribution in [2.24, 2.45) is 0 Å². The highest BCUT2D eigenvalue weighted by Gasteiger charge is 1.91. The topological polar surface area (TPSA) is 48.1 Å². The molecule has 1 aromatic heterocycles. The Morgan fingerprint density at radius 1 is 1.55 bits per heavy atom. The van der Waals surface area contributed by atoms with E-state index in [2.05, 4.69) is 4.98 Å². The zero-order valence-electron chi connectivity index (χ0n) is 6.58. The molecule has 3 nitrogen and oxygen atoms in total. The molecule has 11 heavy (non-hydrogen) atoms. The molecule has 0 aliphatic heterocycles. The minimum absolute atomic E-state index is 0.566. The van der Waals surface area contributed by atoms with Crippen molar-refractivity contribution in [3.63, 3.8) is 0 Å². The Morgan fingerprint density at radius 2 is 2.36 bits per heavy atom. The normalized spacial score (nSPS) is 9.91. The van der Waals surface area contributed by atoms with E-state index in [0.717, 1.165) is 5.69 Å². The average Bonchev–Trinajstić information content (AvgIpc) is 2.04. The van der Waals surface area contributed by atoms with Crippen LogP contribution in [0.5, 0.6) is 0 Å². The van der Waals surface area contributed by atoms with E-state index in [0.29, 0.717) is 18.9 Å². The van der Waals surface area contributed by atoms with E-state index in [1.54, 1.807) is 6.20 Å². The fraction of sp³-hybridized carbons (Fsp3) is 0.375. The summed E-state index contributed by atoms with van der Waals surface area (Å²) in [4.78, 5) is 4.07. The largest absolute Gasteiger partial charge is 0.397 e. The van der Waals surface area contributed by atoms with Gasteiger partial charge in [-0.15, -0.1) is 0 Å². The number of pyridine rings is 1. The summed E-state index contributed by atoms with van der Waals surface area (Å²) in [5, 5.41) is 0. The molecule has 0 fully saturated rings. The van der Waals surface area contributed by atoms with Crippen molar-refractivity contribution in [1.82, 2.24) is 4.98 Å². The lowest BCUT2D eigenvalue weighted by Gasteiger charge is -1.99. The van der Waals surface area contributed by atoms with Gasteiger partial charge in [-0.25, -0.2) is 0 Å². The lowest BCUT2D eigenvalue weighted by atomic mass is 10.3. The van der Waals surface area contributed by atoms with Gasteiger partial charge in [-0.05, 0) is 19.1 Å². The molecule has 0 saturated heterocycles. The summed E-state index contributed by atoms with van der Waals surface area (Å²) in [7, 11) is 0. The van der Waals surface area contributed by atoms with Crippen LogP contribution in [0.25, 0.3) is 0 Å². The first kappa shape index (κ1) is 8.01. The van der Waals surface area contributed by atoms with E-state index in [1.807, 2.05) is 19.1 Å². The summed E-state index contributed by atoms with van der Waals surface area (Å²) in [6.07, 6.45) is 1.63. The van der Waals surface area contributed by atoms with Gasteiger partial charge < -0.3 is 10.5 Å². The smallest absolute Gasteiger partial charge is 0.0887 e. The number of nitrogen functional groups attached to an aromatic ring is 1. The van der Waals surface area contributed by atoms with E-state index in [4.69, 9.17) is 10.5 Å². The molecule has 3 heteroatoms. The monoisotopic (exact) mass is 152 g/mol. The van der Waals surface area contributed by atoms with E-state index in [9.17, 15) is 0 Å². The highest BCUT2D eigenvalue weighted by atomic mass is 16.5. The number of anilines is 1. The maximum atomic E-state index is 5.45. The van der Waals surface area contributed by atoms with E-state index in [1.165, 1.54) is 0 Å². The first-order valence-corrected chi connectivity index (χ1v) is 3.61. The number of hydrogen-bond acceptors (Lipinski definition) is 3. The molecule has 1 rings (SSSR count). The molecule has 0 aliphatic rings. The molecule has 0 unspecified atom stereocenters. The van der Waals surface area contributed by atoms with Crippen molar-refractivity contribution in [2.75, 3.05) is 12.3 Å². The summed E-state index contributed by atoms with van der Waals surface area (Å²) in [6.45, 7) is 3.24. The zero-order chi connectivity index (χ0) is 8.10. The minimum Gasteiger partial charge on any atom is -0.397 e. The van der Waals surface area contributed by atoms with Crippen LogP contribution in [0.2, 0.25) is 0 Å². The standard InChI is InChI=1S/C8H12N2O/c1-2-11-6-8-4-3-7(9)5-10-8/h3-5H,2,6,9H2,1H3. The van der Waals surface area contributed by atoms with Gasteiger partial charge in [-0.2, -0.15) is 0 Å². The summed E-state index contributed by atoms with van der Waals surface area (Å²) in [6, 6.07) is 3.69. The molecule has 0 atom stereocenters. The van der Waals surface area contributed by atoms with Gasteiger partial charge in [0.25, 0.3) is 0 Å². The molecule has 1 heterocycles. The van der Waals surface area contributed by atoms with Gasteiger partial charge in [0.15, 0.2) is 0 Å². The Labute approximate surface area is 66.2 Å². The Bertz CT molecular complexity index is 208. The summed E-state index contributed by atoms with van der Waals surface area (Å²) in [5.74, 6) is 0. The van der Waals surface area contributed by atoms with Crippen LogP contribution in [0.3, 0.4) is 0 Å². The number of nitrogens with zero attached hydrogens (tertiary/aromatic N) is 1. The average molecular weight is 152 g/mol. The van der Waals surface area contributed by atoms with Crippen LogP contribution in [-0.4, -0.2) is 11.6 Å². The third kappa shape index (κ3) is 2.55. The predicted octanol–water partition coefficient (Wildman–Crippen LogP) is 1.20. The number of hydrogen-bond donors (Lipinski definition) is 1. The Balaban J connectivity index is 2.52. The highest BCUT2D eigenvalue weighted by molar-refractivity contribution is 5.34. The van der Waals surface area contributed by atoms with Crippen molar-refractivity contribution in [3.8, 4) is 0 Å². The second kappa shape index (κ2) is 3.93. The van der Waals surface area contributed by atoms with Gasteiger partial charge in [0, 0.05) is 6.61 Å². The van der Waals surface area contributed by atoms with Gasteiger partial charge in [-0.1, -0.05) is 0 Å². The molecule has 0 aliphatic carbocycles. The van der Waals surface area contributed by atoms with Crippen molar-refractivity contribution in [1.29, 1.82) is 0 Å². The van der Waals surface area contributed by atoms with Crippen LogP contribution < -0.4 is 5.73 Å². The number of nitrogens with two attached hydrogens (primary N) is 1. The fourth-order valence-electron chi connectivity index (χ4n) is 0.728. The van der Waals surface area contributed by atoms with Crippen LogP contribution in [0, 0.1) is 0 Å². The molecular formula is C8H12N2O. The van der Waals surface area contributed by atoms with E-state index >= 15 is 0 Å². The molecule has 60 valence electrons. The van der Waals surface area contributed by atoms with Crippen LogP contribution >= 0.6 is 0 Å². The maximum Gasteiger partial charge on any atom is 0.0887 e.